The van der Waals surface area contributed by atoms with E-state index in [0.717, 1.165) is 0 Å². The third-order valence-corrected chi connectivity index (χ3v) is 4.14. The standard InChI is InChI=1S/C13H20F3NO3/c1-11(2,3)20-10(18)17-9-5-8-4-7(9)6-12(8,19)13(14,15)16/h7-9,19H,4-6H2,1-3H3,(H,17,18). The first kappa shape index (κ1) is 15.4. The van der Waals surface area contributed by atoms with Crippen LogP contribution in [0.5, 0.6) is 0 Å². The summed E-state index contributed by atoms with van der Waals surface area (Å²) in [6.45, 7) is 5.15. The Balaban J connectivity index is 1.94. The van der Waals surface area contributed by atoms with Crippen molar-refractivity contribution in [2.24, 2.45) is 11.8 Å². The molecule has 0 heterocycles. The van der Waals surface area contributed by atoms with Gasteiger partial charge >= 0.3 is 12.3 Å². The van der Waals surface area contributed by atoms with Crippen LogP contribution in [-0.2, 0) is 4.74 Å². The van der Waals surface area contributed by atoms with Crippen molar-refractivity contribution in [1.29, 1.82) is 0 Å². The quantitative estimate of drug-likeness (QED) is 0.782. The number of rotatable bonds is 1. The predicted molar refractivity (Wildman–Crippen MR) is 65.0 cm³/mol. The highest BCUT2D eigenvalue weighted by molar-refractivity contribution is 5.68. The zero-order chi connectivity index (χ0) is 15.3. The lowest BCUT2D eigenvalue weighted by Crippen LogP contribution is -2.53. The summed E-state index contributed by atoms with van der Waals surface area (Å²) < 4.78 is 43.6. The number of alkyl carbamates (subject to hydrolysis) is 1. The second-order valence-corrected chi connectivity index (χ2v) is 6.81. The van der Waals surface area contributed by atoms with Gasteiger partial charge in [0.25, 0.3) is 0 Å². The van der Waals surface area contributed by atoms with E-state index in [-0.39, 0.29) is 31.2 Å². The average molecular weight is 295 g/mol. The van der Waals surface area contributed by atoms with Gasteiger partial charge in [-0.2, -0.15) is 13.2 Å². The number of aliphatic hydroxyl groups is 1. The van der Waals surface area contributed by atoms with Crippen LogP contribution in [0.4, 0.5) is 18.0 Å². The number of halogens is 3. The van der Waals surface area contributed by atoms with Crippen molar-refractivity contribution < 1.29 is 27.8 Å². The number of carbonyl (C=O) groups is 1. The highest BCUT2D eigenvalue weighted by atomic mass is 19.4. The third kappa shape index (κ3) is 2.73. The molecule has 0 spiro atoms. The van der Waals surface area contributed by atoms with E-state index in [0.29, 0.717) is 0 Å². The number of amides is 1. The van der Waals surface area contributed by atoms with Crippen LogP contribution in [0.15, 0.2) is 0 Å². The Kier molecular flexibility index (Phi) is 3.48. The van der Waals surface area contributed by atoms with E-state index in [1.165, 1.54) is 0 Å². The molecule has 2 N–H and O–H groups in total. The summed E-state index contributed by atoms with van der Waals surface area (Å²) in [5.74, 6) is -1.19. The number of nitrogens with one attached hydrogen (secondary N) is 1. The van der Waals surface area contributed by atoms with Crippen LogP contribution in [-0.4, -0.2) is 34.6 Å². The molecule has 2 saturated carbocycles. The molecule has 4 nitrogen and oxygen atoms in total. The fraction of sp³-hybridized carbons (Fsp3) is 0.923. The van der Waals surface area contributed by atoms with Gasteiger partial charge in [0.1, 0.15) is 5.60 Å². The topological polar surface area (TPSA) is 58.6 Å². The van der Waals surface area contributed by atoms with Gasteiger partial charge in [0.15, 0.2) is 5.60 Å². The molecule has 20 heavy (non-hydrogen) atoms. The molecule has 2 fully saturated rings. The smallest absolute Gasteiger partial charge is 0.417 e. The Morgan fingerprint density at radius 3 is 2.30 bits per heavy atom. The van der Waals surface area contributed by atoms with Crippen molar-refractivity contribution in [3.8, 4) is 0 Å². The molecule has 4 atom stereocenters. The lowest BCUT2D eigenvalue weighted by molar-refractivity contribution is -0.277. The summed E-state index contributed by atoms with van der Waals surface area (Å²) >= 11 is 0. The summed E-state index contributed by atoms with van der Waals surface area (Å²) in [6.07, 6.45) is -5.15. The predicted octanol–water partition coefficient (Wildman–Crippen LogP) is 2.60. The molecule has 4 unspecified atom stereocenters. The van der Waals surface area contributed by atoms with Crippen LogP contribution in [0.1, 0.15) is 40.0 Å². The molecule has 0 radical (unpaired) electrons. The lowest BCUT2D eigenvalue weighted by Gasteiger charge is -2.37. The van der Waals surface area contributed by atoms with Crippen molar-refractivity contribution in [3.63, 3.8) is 0 Å². The second-order valence-electron chi connectivity index (χ2n) is 6.81. The molecule has 2 rings (SSSR count). The Hall–Kier alpha value is -0.980. The number of hydrogen-bond acceptors (Lipinski definition) is 3. The first-order valence-corrected chi connectivity index (χ1v) is 6.71. The minimum Gasteiger partial charge on any atom is -0.444 e. The van der Waals surface area contributed by atoms with E-state index in [1.54, 1.807) is 20.8 Å². The molecule has 116 valence electrons. The van der Waals surface area contributed by atoms with E-state index in [2.05, 4.69) is 5.32 Å². The molecule has 2 bridgehead atoms. The fourth-order valence-electron chi connectivity index (χ4n) is 3.29. The highest BCUT2D eigenvalue weighted by Crippen LogP contribution is 2.56. The van der Waals surface area contributed by atoms with Gasteiger partial charge in [-0.25, -0.2) is 4.79 Å². The van der Waals surface area contributed by atoms with Crippen LogP contribution in [0.25, 0.3) is 0 Å². The maximum Gasteiger partial charge on any atom is 0.417 e. The van der Waals surface area contributed by atoms with Gasteiger partial charge in [-0.1, -0.05) is 0 Å². The Bertz CT molecular complexity index is 405. The zero-order valence-corrected chi connectivity index (χ0v) is 11.8. The van der Waals surface area contributed by atoms with Crippen LogP contribution in [0, 0.1) is 11.8 Å². The van der Waals surface area contributed by atoms with Gasteiger partial charge < -0.3 is 15.2 Å². The second kappa shape index (κ2) is 4.51. The van der Waals surface area contributed by atoms with E-state index >= 15 is 0 Å². The SMILES string of the molecule is CC(C)(C)OC(=O)NC1CC2CC1CC2(O)C(F)(F)F. The summed E-state index contributed by atoms with van der Waals surface area (Å²) in [6, 6.07) is -0.350. The number of carbonyl (C=O) groups excluding carboxylic acids is 1. The van der Waals surface area contributed by atoms with E-state index in [4.69, 9.17) is 4.74 Å². The summed E-state index contributed by atoms with van der Waals surface area (Å²) in [7, 11) is 0. The number of ether oxygens (including phenoxy) is 1. The number of alkyl halides is 3. The molecule has 1 amide bonds. The van der Waals surface area contributed by atoms with E-state index < -0.39 is 29.4 Å². The van der Waals surface area contributed by atoms with E-state index in [9.17, 15) is 23.1 Å². The average Bonchev–Trinajstić information content (AvgIpc) is 2.70. The van der Waals surface area contributed by atoms with Gasteiger partial charge in [0.05, 0.1) is 0 Å². The highest BCUT2D eigenvalue weighted by Gasteiger charge is 2.66. The normalized spacial score (nSPS) is 37.0. The largest absolute Gasteiger partial charge is 0.444 e. The number of hydrogen-bond donors (Lipinski definition) is 2. The van der Waals surface area contributed by atoms with Crippen molar-refractivity contribution in [2.45, 2.75) is 63.5 Å². The van der Waals surface area contributed by atoms with Gasteiger partial charge in [-0.3, -0.25) is 0 Å². The summed E-state index contributed by atoms with van der Waals surface area (Å²) in [5.41, 5.74) is -3.24. The van der Waals surface area contributed by atoms with E-state index in [1.807, 2.05) is 0 Å². The molecule has 0 saturated heterocycles. The maximum absolute atomic E-state index is 12.9. The lowest BCUT2D eigenvalue weighted by atomic mass is 9.81. The maximum atomic E-state index is 12.9. The Labute approximate surface area is 115 Å². The van der Waals surface area contributed by atoms with Gasteiger partial charge in [-0.05, 0) is 51.9 Å². The molecule has 2 aliphatic rings. The third-order valence-electron chi connectivity index (χ3n) is 4.14. The molecule has 2 aliphatic carbocycles. The molecular formula is C13H20F3NO3. The van der Waals surface area contributed by atoms with Gasteiger partial charge in [0.2, 0.25) is 0 Å². The van der Waals surface area contributed by atoms with Gasteiger partial charge in [0, 0.05) is 6.04 Å². The monoisotopic (exact) mass is 295 g/mol. The Morgan fingerprint density at radius 2 is 1.90 bits per heavy atom. The molecule has 7 heteroatoms. The molecule has 0 aromatic rings. The minimum absolute atomic E-state index is 0.139. The molecule has 0 aromatic carbocycles. The van der Waals surface area contributed by atoms with Crippen molar-refractivity contribution in [3.05, 3.63) is 0 Å². The summed E-state index contributed by atoms with van der Waals surface area (Å²) in [4.78, 5) is 11.6. The first-order chi connectivity index (χ1) is 8.92. The van der Waals surface area contributed by atoms with Crippen molar-refractivity contribution in [1.82, 2.24) is 5.32 Å². The van der Waals surface area contributed by atoms with Crippen molar-refractivity contribution in [2.75, 3.05) is 0 Å². The molecule has 0 aromatic heterocycles. The van der Waals surface area contributed by atoms with Crippen LogP contribution in [0.3, 0.4) is 0 Å². The first-order valence-electron chi connectivity index (χ1n) is 6.71. The van der Waals surface area contributed by atoms with Crippen LogP contribution >= 0.6 is 0 Å². The van der Waals surface area contributed by atoms with Crippen LogP contribution in [0.2, 0.25) is 0 Å². The van der Waals surface area contributed by atoms with Crippen molar-refractivity contribution >= 4 is 6.09 Å². The number of fused-ring (bicyclic) bond motifs is 2. The van der Waals surface area contributed by atoms with Gasteiger partial charge in [-0.15, -0.1) is 0 Å². The molecule has 0 aliphatic heterocycles. The summed E-state index contributed by atoms with van der Waals surface area (Å²) in [5, 5.41) is 12.4. The molecular weight excluding hydrogens is 275 g/mol. The fourth-order valence-corrected chi connectivity index (χ4v) is 3.29. The Morgan fingerprint density at radius 1 is 1.30 bits per heavy atom. The van der Waals surface area contributed by atoms with Crippen LogP contribution < -0.4 is 5.32 Å². The minimum atomic E-state index is -4.61. The zero-order valence-electron chi connectivity index (χ0n) is 11.8.